The maximum absolute atomic E-state index is 11.3. The summed E-state index contributed by atoms with van der Waals surface area (Å²) < 4.78 is 0. The van der Waals surface area contributed by atoms with E-state index in [9.17, 15) is 9.59 Å². The van der Waals surface area contributed by atoms with Gasteiger partial charge in [-0.1, -0.05) is 0 Å². The van der Waals surface area contributed by atoms with Gasteiger partial charge in [-0.2, -0.15) is 5.26 Å². The van der Waals surface area contributed by atoms with Gasteiger partial charge in [-0.25, -0.2) is 0 Å². The van der Waals surface area contributed by atoms with Crippen LogP contribution < -0.4 is 0 Å². The van der Waals surface area contributed by atoms with Gasteiger partial charge in [-0.3, -0.25) is 9.59 Å². The van der Waals surface area contributed by atoms with Crippen molar-refractivity contribution in [2.45, 2.75) is 6.42 Å². The summed E-state index contributed by atoms with van der Waals surface area (Å²) in [5.74, 6) is -0.300. The first-order valence-corrected chi connectivity index (χ1v) is 5.21. The number of nitriles is 1. The van der Waals surface area contributed by atoms with Gasteiger partial charge in [0.15, 0.2) is 0 Å². The molecular weight excluding hydrogens is 218 g/mol. The van der Waals surface area contributed by atoms with Crippen LogP contribution in [0.3, 0.4) is 0 Å². The summed E-state index contributed by atoms with van der Waals surface area (Å²) in [6.07, 6.45) is -0.0938. The fourth-order valence-electron chi connectivity index (χ4n) is 1.47. The molecule has 0 N–H and O–H groups in total. The zero-order valence-electron chi connectivity index (χ0n) is 8.28. The standard InChI is InChI=1S/C9H12ClN3O2/c10-7-9(15)13-5-3-12(4-6-13)8(14)1-2-11/h1,3-7H2. The van der Waals surface area contributed by atoms with Crippen LogP contribution in [0.15, 0.2) is 0 Å². The third-order valence-electron chi connectivity index (χ3n) is 2.33. The summed E-state index contributed by atoms with van der Waals surface area (Å²) in [6, 6.07) is 1.82. The highest BCUT2D eigenvalue weighted by atomic mass is 35.5. The second kappa shape index (κ2) is 5.56. The van der Waals surface area contributed by atoms with E-state index in [1.165, 1.54) is 0 Å². The fourth-order valence-corrected chi connectivity index (χ4v) is 1.64. The summed E-state index contributed by atoms with van der Waals surface area (Å²) in [4.78, 5) is 25.8. The number of piperazine rings is 1. The van der Waals surface area contributed by atoms with Gasteiger partial charge in [0.05, 0.1) is 6.07 Å². The maximum atomic E-state index is 11.3. The van der Waals surface area contributed by atoms with Crippen LogP contribution in [0.25, 0.3) is 0 Å². The van der Waals surface area contributed by atoms with Crippen LogP contribution in [-0.4, -0.2) is 53.7 Å². The normalized spacial score (nSPS) is 16.0. The highest BCUT2D eigenvalue weighted by molar-refractivity contribution is 6.27. The van der Waals surface area contributed by atoms with E-state index in [0.717, 1.165) is 0 Å². The largest absolute Gasteiger partial charge is 0.338 e. The lowest BCUT2D eigenvalue weighted by atomic mass is 10.3. The van der Waals surface area contributed by atoms with Gasteiger partial charge >= 0.3 is 0 Å². The van der Waals surface area contributed by atoms with E-state index in [1.807, 2.05) is 6.07 Å². The molecule has 82 valence electrons. The van der Waals surface area contributed by atoms with Crippen molar-refractivity contribution in [3.8, 4) is 6.07 Å². The lowest BCUT2D eigenvalue weighted by Gasteiger charge is -2.34. The van der Waals surface area contributed by atoms with Crippen molar-refractivity contribution >= 4 is 23.4 Å². The van der Waals surface area contributed by atoms with Crippen LogP contribution in [0.2, 0.25) is 0 Å². The van der Waals surface area contributed by atoms with E-state index in [0.29, 0.717) is 26.2 Å². The lowest BCUT2D eigenvalue weighted by molar-refractivity contribution is -0.137. The van der Waals surface area contributed by atoms with E-state index in [-0.39, 0.29) is 24.1 Å². The average Bonchev–Trinajstić information content (AvgIpc) is 2.28. The number of halogens is 1. The molecule has 0 unspecified atom stereocenters. The zero-order chi connectivity index (χ0) is 11.3. The number of carbonyl (C=O) groups excluding carboxylic acids is 2. The van der Waals surface area contributed by atoms with Crippen LogP contribution in [0.4, 0.5) is 0 Å². The summed E-state index contributed by atoms with van der Waals surface area (Å²) >= 11 is 5.42. The molecule has 0 aromatic carbocycles. The second-order valence-corrected chi connectivity index (χ2v) is 3.50. The molecule has 0 spiro atoms. The predicted molar refractivity (Wildman–Crippen MR) is 54.1 cm³/mol. The minimum absolute atomic E-state index is 0.0217. The fraction of sp³-hybridized carbons (Fsp3) is 0.667. The summed E-state index contributed by atoms with van der Waals surface area (Å²) in [6.45, 7) is 1.98. The molecule has 2 amide bonds. The van der Waals surface area contributed by atoms with E-state index in [1.54, 1.807) is 9.80 Å². The van der Waals surface area contributed by atoms with Crippen LogP contribution in [0, 0.1) is 11.3 Å². The number of nitrogens with zero attached hydrogens (tertiary/aromatic N) is 3. The molecule has 1 saturated heterocycles. The molecule has 0 saturated carbocycles. The molecule has 1 aliphatic heterocycles. The number of amides is 2. The van der Waals surface area contributed by atoms with Gasteiger partial charge in [0, 0.05) is 26.2 Å². The number of rotatable bonds is 2. The Labute approximate surface area is 93.2 Å². The molecule has 0 aromatic rings. The molecule has 1 rings (SSSR count). The Morgan fingerprint density at radius 2 is 1.60 bits per heavy atom. The molecule has 0 bridgehead atoms. The molecule has 1 aliphatic rings. The van der Waals surface area contributed by atoms with Crippen LogP contribution in [0.5, 0.6) is 0 Å². The predicted octanol–water partition coefficient (Wildman–Crippen LogP) is -0.190. The third kappa shape index (κ3) is 3.10. The summed E-state index contributed by atoms with van der Waals surface area (Å²) in [5.41, 5.74) is 0. The smallest absolute Gasteiger partial charge is 0.237 e. The third-order valence-corrected chi connectivity index (χ3v) is 2.56. The minimum atomic E-state index is -0.171. The van der Waals surface area contributed by atoms with Crippen molar-refractivity contribution < 1.29 is 9.59 Å². The number of hydrogen-bond donors (Lipinski definition) is 0. The highest BCUT2D eigenvalue weighted by Gasteiger charge is 2.22. The Kier molecular flexibility index (Phi) is 4.37. The first-order valence-electron chi connectivity index (χ1n) is 4.67. The summed E-state index contributed by atoms with van der Waals surface area (Å²) in [5, 5.41) is 8.37. The molecule has 0 radical (unpaired) electrons. The zero-order valence-corrected chi connectivity index (χ0v) is 9.03. The van der Waals surface area contributed by atoms with Gasteiger partial charge in [0.1, 0.15) is 12.3 Å². The number of hydrogen-bond acceptors (Lipinski definition) is 3. The van der Waals surface area contributed by atoms with Crippen LogP contribution in [0.1, 0.15) is 6.42 Å². The SMILES string of the molecule is N#CCC(=O)N1CCN(C(=O)CCl)CC1. The molecule has 15 heavy (non-hydrogen) atoms. The molecule has 1 heterocycles. The van der Waals surface area contributed by atoms with E-state index in [2.05, 4.69) is 0 Å². The maximum Gasteiger partial charge on any atom is 0.237 e. The van der Waals surface area contributed by atoms with Gasteiger partial charge in [-0.15, -0.1) is 11.6 Å². The Morgan fingerprint density at radius 1 is 1.13 bits per heavy atom. The van der Waals surface area contributed by atoms with E-state index in [4.69, 9.17) is 16.9 Å². The van der Waals surface area contributed by atoms with Crippen molar-refractivity contribution in [2.75, 3.05) is 32.1 Å². The second-order valence-electron chi connectivity index (χ2n) is 3.23. The lowest BCUT2D eigenvalue weighted by Crippen LogP contribution is -2.50. The Morgan fingerprint density at radius 3 is 2.00 bits per heavy atom. The molecule has 6 heteroatoms. The molecule has 0 aromatic heterocycles. The number of carbonyl (C=O) groups is 2. The Hall–Kier alpha value is -1.28. The Balaban J connectivity index is 2.39. The van der Waals surface area contributed by atoms with Crippen molar-refractivity contribution in [3.63, 3.8) is 0 Å². The van der Waals surface area contributed by atoms with Crippen LogP contribution >= 0.6 is 11.6 Å². The molecule has 5 nitrogen and oxygen atoms in total. The monoisotopic (exact) mass is 229 g/mol. The molecule has 1 fully saturated rings. The van der Waals surface area contributed by atoms with Gasteiger partial charge in [-0.05, 0) is 0 Å². The topological polar surface area (TPSA) is 64.4 Å². The molecule has 0 atom stereocenters. The van der Waals surface area contributed by atoms with E-state index >= 15 is 0 Å². The minimum Gasteiger partial charge on any atom is -0.338 e. The molecule has 0 aliphatic carbocycles. The van der Waals surface area contributed by atoms with Gasteiger partial charge in [0.2, 0.25) is 11.8 Å². The highest BCUT2D eigenvalue weighted by Crippen LogP contribution is 2.04. The average molecular weight is 230 g/mol. The number of alkyl halides is 1. The van der Waals surface area contributed by atoms with Crippen molar-refractivity contribution in [1.29, 1.82) is 5.26 Å². The van der Waals surface area contributed by atoms with Crippen molar-refractivity contribution in [3.05, 3.63) is 0 Å². The van der Waals surface area contributed by atoms with Gasteiger partial charge < -0.3 is 9.80 Å². The first-order chi connectivity index (χ1) is 7.19. The Bertz CT molecular complexity index is 292. The van der Waals surface area contributed by atoms with Gasteiger partial charge in [0.25, 0.3) is 0 Å². The van der Waals surface area contributed by atoms with E-state index < -0.39 is 0 Å². The van der Waals surface area contributed by atoms with Crippen molar-refractivity contribution in [2.24, 2.45) is 0 Å². The molecular formula is C9H12ClN3O2. The van der Waals surface area contributed by atoms with Crippen molar-refractivity contribution in [1.82, 2.24) is 9.80 Å². The van der Waals surface area contributed by atoms with Crippen LogP contribution in [-0.2, 0) is 9.59 Å². The quantitative estimate of drug-likeness (QED) is 0.617. The summed E-state index contributed by atoms with van der Waals surface area (Å²) in [7, 11) is 0. The first kappa shape index (κ1) is 11.8.